The summed E-state index contributed by atoms with van der Waals surface area (Å²) in [6.45, 7) is 10.9. The molecule has 2 aromatic carbocycles. The summed E-state index contributed by atoms with van der Waals surface area (Å²) in [6, 6.07) is 17.3. The first-order valence-electron chi connectivity index (χ1n) is 9.79. The first-order chi connectivity index (χ1) is 13.5. The van der Waals surface area contributed by atoms with Crippen LogP contribution < -0.4 is 0 Å². The van der Waals surface area contributed by atoms with E-state index in [-0.39, 0.29) is 11.0 Å². The zero-order chi connectivity index (χ0) is 21.7. The molecule has 0 aliphatic rings. The van der Waals surface area contributed by atoms with Gasteiger partial charge in [-0.2, -0.15) is 0 Å². The van der Waals surface area contributed by atoms with E-state index < -0.39 is 20.3 Å². The Morgan fingerprint density at radius 1 is 1.03 bits per heavy atom. The summed E-state index contributed by atoms with van der Waals surface area (Å²) in [6.07, 6.45) is 3.53. The van der Waals surface area contributed by atoms with Crippen molar-refractivity contribution in [2.45, 2.75) is 50.9 Å². The summed E-state index contributed by atoms with van der Waals surface area (Å²) in [7, 11) is -0.744. The Kier molecular flexibility index (Phi) is 7.86. The largest absolute Gasteiger partial charge is 0.468 e. The van der Waals surface area contributed by atoms with Gasteiger partial charge < -0.3 is 9.16 Å². The van der Waals surface area contributed by atoms with E-state index in [0.717, 1.165) is 11.1 Å². The number of esters is 1. The molecule has 2 rings (SSSR count). The second kappa shape index (κ2) is 9.75. The summed E-state index contributed by atoms with van der Waals surface area (Å²) >= 11 is 6.06. The molecule has 0 bridgehead atoms. The molecule has 0 unspecified atom stereocenters. The maximum atomic E-state index is 12.8. The fourth-order valence-corrected chi connectivity index (χ4v) is 4.14. The quantitative estimate of drug-likeness (QED) is 0.362. The first-order valence-corrected chi connectivity index (χ1v) is 13.1. The van der Waals surface area contributed by atoms with Crippen LogP contribution in [0.5, 0.6) is 0 Å². The predicted octanol–water partition coefficient (Wildman–Crippen LogP) is 6.70. The van der Waals surface area contributed by atoms with Gasteiger partial charge in [-0.15, -0.1) is 0 Å². The average Bonchev–Trinajstić information content (AvgIpc) is 2.67. The minimum Gasteiger partial charge on any atom is -0.468 e. The zero-order valence-corrected chi connectivity index (χ0v) is 19.9. The third-order valence-electron chi connectivity index (χ3n) is 5.53. The molecule has 2 aromatic rings. The lowest BCUT2D eigenvalue weighted by Crippen LogP contribution is -2.46. The number of benzene rings is 2. The number of ether oxygens (including phenoxy) is 1. The molecule has 0 aliphatic heterocycles. The van der Waals surface area contributed by atoms with E-state index in [9.17, 15) is 4.79 Å². The smallest absolute Gasteiger partial charge is 0.316 e. The van der Waals surface area contributed by atoms with Crippen molar-refractivity contribution in [3.8, 4) is 0 Å². The van der Waals surface area contributed by atoms with Crippen molar-refractivity contribution >= 4 is 32.0 Å². The van der Waals surface area contributed by atoms with Gasteiger partial charge in [0.25, 0.3) is 0 Å². The number of hydrogen-bond donors (Lipinski definition) is 0. The highest BCUT2D eigenvalue weighted by atomic mass is 35.5. The molecule has 0 saturated carbocycles. The molecule has 29 heavy (non-hydrogen) atoms. The number of methoxy groups -OCH3 is 1. The van der Waals surface area contributed by atoms with Crippen LogP contribution in [-0.4, -0.2) is 27.5 Å². The highest BCUT2D eigenvalue weighted by Gasteiger charge is 2.42. The van der Waals surface area contributed by atoms with Crippen LogP contribution in [0.1, 0.15) is 37.8 Å². The van der Waals surface area contributed by atoms with E-state index >= 15 is 0 Å². The highest BCUT2D eigenvalue weighted by molar-refractivity contribution is 6.74. The fraction of sp³-hybridized carbons (Fsp3) is 0.375. The van der Waals surface area contributed by atoms with Crippen molar-refractivity contribution in [2.75, 3.05) is 7.11 Å². The monoisotopic (exact) mass is 430 g/mol. The van der Waals surface area contributed by atoms with Gasteiger partial charge in [0, 0.05) is 5.02 Å². The maximum Gasteiger partial charge on any atom is 0.316 e. The maximum absolute atomic E-state index is 12.8. The average molecular weight is 431 g/mol. The molecule has 0 spiro atoms. The molecule has 0 heterocycles. The highest BCUT2D eigenvalue weighted by Crippen LogP contribution is 2.40. The molecule has 0 fully saturated rings. The second-order valence-electron chi connectivity index (χ2n) is 8.66. The van der Waals surface area contributed by atoms with Crippen molar-refractivity contribution in [1.29, 1.82) is 0 Å². The fourth-order valence-electron chi connectivity index (χ4n) is 2.76. The molecule has 0 amide bonds. The van der Waals surface area contributed by atoms with Crippen LogP contribution in [0.3, 0.4) is 0 Å². The Morgan fingerprint density at radius 3 is 2.14 bits per heavy atom. The Balaban J connectivity index is 2.50. The van der Waals surface area contributed by atoms with E-state index in [0.29, 0.717) is 5.02 Å². The minimum absolute atomic E-state index is 0.00645. The van der Waals surface area contributed by atoms with Crippen LogP contribution in [-0.2, 0) is 14.0 Å². The van der Waals surface area contributed by atoms with E-state index in [1.807, 2.05) is 54.6 Å². The normalized spacial score (nSPS) is 14.6. The van der Waals surface area contributed by atoms with Gasteiger partial charge in [-0.3, -0.25) is 4.79 Å². The summed E-state index contributed by atoms with van der Waals surface area (Å²) < 4.78 is 11.9. The zero-order valence-electron chi connectivity index (χ0n) is 18.1. The lowest BCUT2D eigenvalue weighted by Gasteiger charge is -2.40. The number of carbonyl (C=O) groups excluding carboxylic acids is 1. The molecular weight excluding hydrogens is 400 g/mol. The van der Waals surface area contributed by atoms with Gasteiger partial charge in [-0.05, 0) is 41.4 Å². The number of rotatable bonds is 7. The van der Waals surface area contributed by atoms with Gasteiger partial charge in [-0.1, -0.05) is 87.0 Å². The van der Waals surface area contributed by atoms with Crippen molar-refractivity contribution in [3.05, 3.63) is 76.8 Å². The molecule has 0 aromatic heterocycles. The molecule has 0 radical (unpaired) electrons. The Morgan fingerprint density at radius 2 is 1.62 bits per heavy atom. The second-order valence-corrected chi connectivity index (χ2v) is 13.9. The Labute approximate surface area is 180 Å². The van der Waals surface area contributed by atoms with Gasteiger partial charge in [0.15, 0.2) is 8.32 Å². The van der Waals surface area contributed by atoms with Crippen LogP contribution in [0.15, 0.2) is 60.7 Å². The van der Waals surface area contributed by atoms with Gasteiger partial charge >= 0.3 is 5.97 Å². The molecule has 5 heteroatoms. The Bertz CT molecular complexity index is 823. The van der Waals surface area contributed by atoms with E-state index in [1.165, 1.54) is 7.11 Å². The van der Waals surface area contributed by atoms with Crippen LogP contribution in [0, 0.1) is 0 Å². The molecular formula is C24H31ClO3Si. The number of hydrogen-bond acceptors (Lipinski definition) is 3. The standard InChI is InChI=1S/C24H31ClO3Si/c1-24(2,3)29(5,6)28-21(17-12-18-10-8-7-9-11-18)22(23(26)27-4)19-13-15-20(25)16-14-19/h7-17,21-22H,1-6H3/b17-12+/t21-,22+/m0/s1. The van der Waals surface area contributed by atoms with Crippen molar-refractivity contribution in [1.82, 2.24) is 0 Å². The van der Waals surface area contributed by atoms with Crippen molar-refractivity contribution < 1.29 is 14.0 Å². The minimum atomic E-state index is -2.16. The van der Waals surface area contributed by atoms with Gasteiger partial charge in [0.05, 0.1) is 13.2 Å². The lowest BCUT2D eigenvalue weighted by molar-refractivity contribution is -0.144. The predicted molar refractivity (Wildman–Crippen MR) is 124 cm³/mol. The van der Waals surface area contributed by atoms with Gasteiger partial charge in [0.2, 0.25) is 0 Å². The van der Waals surface area contributed by atoms with Crippen LogP contribution in [0.2, 0.25) is 23.2 Å². The van der Waals surface area contributed by atoms with E-state index in [2.05, 4.69) is 33.9 Å². The molecule has 0 saturated heterocycles. The van der Waals surface area contributed by atoms with Crippen LogP contribution >= 0.6 is 11.6 Å². The lowest BCUT2D eigenvalue weighted by atomic mass is 9.92. The van der Waals surface area contributed by atoms with Gasteiger partial charge in [-0.25, -0.2) is 0 Å². The molecule has 2 atom stereocenters. The third-order valence-corrected chi connectivity index (χ3v) is 10.3. The van der Waals surface area contributed by atoms with E-state index in [4.69, 9.17) is 20.8 Å². The van der Waals surface area contributed by atoms with Crippen molar-refractivity contribution in [3.63, 3.8) is 0 Å². The van der Waals surface area contributed by atoms with E-state index in [1.54, 1.807) is 12.1 Å². The third kappa shape index (κ3) is 6.30. The molecule has 0 aliphatic carbocycles. The van der Waals surface area contributed by atoms with Crippen LogP contribution in [0.4, 0.5) is 0 Å². The number of halogens is 1. The van der Waals surface area contributed by atoms with Gasteiger partial charge in [0.1, 0.15) is 5.92 Å². The summed E-state index contributed by atoms with van der Waals surface area (Å²) in [4.78, 5) is 12.8. The topological polar surface area (TPSA) is 35.5 Å². The van der Waals surface area contributed by atoms with Crippen LogP contribution in [0.25, 0.3) is 6.08 Å². The summed E-state index contributed by atoms with van der Waals surface area (Å²) in [5, 5.41) is 0.631. The molecule has 3 nitrogen and oxygen atoms in total. The SMILES string of the molecule is COC(=O)[C@H](c1ccc(Cl)cc1)[C@H](/C=C/c1ccccc1)O[Si](C)(C)C(C)(C)C. The van der Waals surface area contributed by atoms with Crippen molar-refractivity contribution in [2.24, 2.45) is 0 Å². The first kappa shape index (κ1) is 23.4. The Hall–Kier alpha value is -1.88. The summed E-state index contributed by atoms with van der Waals surface area (Å²) in [5.74, 6) is -0.903. The summed E-state index contributed by atoms with van der Waals surface area (Å²) in [5.41, 5.74) is 1.87. The number of carbonyl (C=O) groups is 1. The molecule has 0 N–H and O–H groups in total. The molecule has 156 valence electrons.